The van der Waals surface area contributed by atoms with Gasteiger partial charge in [-0.1, -0.05) is 23.4 Å². The van der Waals surface area contributed by atoms with Crippen LogP contribution >= 0.6 is 0 Å². The maximum Gasteiger partial charge on any atom is 0.240 e. The average molecular weight is 326 g/mol. The maximum atomic E-state index is 13.7. The molecule has 0 atom stereocenters. The molecule has 0 amide bonds. The van der Waals surface area contributed by atoms with Crippen LogP contribution in [-0.2, 0) is 19.5 Å². The molecule has 3 aromatic rings. The molecule has 0 radical (unpaired) electrons. The molecule has 2 aromatic heterocycles. The molecule has 0 saturated heterocycles. The second-order valence-corrected chi connectivity index (χ2v) is 5.85. The van der Waals surface area contributed by atoms with Gasteiger partial charge in [-0.3, -0.25) is 9.88 Å². The Bertz CT molecular complexity index is 818. The number of halogens is 1. The molecule has 124 valence electrons. The number of pyridine rings is 1. The highest BCUT2D eigenvalue weighted by atomic mass is 19.1. The molecular formula is C18H19FN4O. The molecule has 0 saturated carbocycles. The molecule has 5 nitrogen and oxygen atoms in total. The van der Waals surface area contributed by atoms with Gasteiger partial charge in [0.1, 0.15) is 5.82 Å². The highest BCUT2D eigenvalue weighted by Crippen LogP contribution is 2.13. The molecular weight excluding hydrogens is 307 g/mol. The van der Waals surface area contributed by atoms with E-state index in [1.165, 1.54) is 11.6 Å². The highest BCUT2D eigenvalue weighted by molar-refractivity contribution is 5.22. The van der Waals surface area contributed by atoms with E-state index in [9.17, 15) is 4.39 Å². The second-order valence-electron chi connectivity index (χ2n) is 5.85. The van der Waals surface area contributed by atoms with E-state index in [1.54, 1.807) is 24.4 Å². The van der Waals surface area contributed by atoms with E-state index in [2.05, 4.69) is 20.0 Å². The monoisotopic (exact) mass is 326 g/mol. The third-order valence-corrected chi connectivity index (χ3v) is 3.80. The highest BCUT2D eigenvalue weighted by Gasteiger charge is 2.12. The first-order chi connectivity index (χ1) is 11.6. The standard InChI is InChI=1S/C18H19FN4O/c1-13-10-20-8-7-15(13)11-23(2)12-18-21-17(22-24-18)9-14-5-3-4-6-16(14)19/h3-8,10H,9,11-12H2,1-2H3. The predicted molar refractivity (Wildman–Crippen MR) is 87.6 cm³/mol. The Kier molecular flexibility index (Phi) is 4.96. The molecule has 0 bridgehead atoms. The van der Waals surface area contributed by atoms with Crippen molar-refractivity contribution >= 4 is 0 Å². The van der Waals surface area contributed by atoms with Crippen molar-refractivity contribution in [3.63, 3.8) is 0 Å². The first-order valence-electron chi connectivity index (χ1n) is 7.74. The zero-order valence-electron chi connectivity index (χ0n) is 13.7. The Morgan fingerprint density at radius 1 is 1.12 bits per heavy atom. The van der Waals surface area contributed by atoms with Crippen LogP contribution in [-0.4, -0.2) is 27.1 Å². The van der Waals surface area contributed by atoms with E-state index >= 15 is 0 Å². The van der Waals surface area contributed by atoms with Gasteiger partial charge < -0.3 is 4.52 Å². The molecule has 0 N–H and O–H groups in total. The molecule has 0 fully saturated rings. The third kappa shape index (κ3) is 4.02. The van der Waals surface area contributed by atoms with Crippen molar-refractivity contribution < 1.29 is 8.91 Å². The van der Waals surface area contributed by atoms with E-state index in [0.717, 1.165) is 12.1 Å². The van der Waals surface area contributed by atoms with Crippen LogP contribution in [0.25, 0.3) is 0 Å². The number of hydrogen-bond acceptors (Lipinski definition) is 5. The summed E-state index contributed by atoms with van der Waals surface area (Å²) in [7, 11) is 1.99. The fourth-order valence-corrected chi connectivity index (χ4v) is 2.50. The summed E-state index contributed by atoms with van der Waals surface area (Å²) in [5, 5.41) is 3.94. The normalized spacial score (nSPS) is 11.2. The van der Waals surface area contributed by atoms with Crippen molar-refractivity contribution in [3.8, 4) is 0 Å². The van der Waals surface area contributed by atoms with Gasteiger partial charge in [-0.25, -0.2) is 4.39 Å². The molecule has 1 aromatic carbocycles. The molecule has 6 heteroatoms. The van der Waals surface area contributed by atoms with Crippen molar-refractivity contribution in [1.82, 2.24) is 20.0 Å². The zero-order chi connectivity index (χ0) is 16.9. The number of aromatic nitrogens is 3. The fraction of sp³-hybridized carbons (Fsp3) is 0.278. The molecule has 2 heterocycles. The van der Waals surface area contributed by atoms with Crippen LogP contribution in [0.4, 0.5) is 4.39 Å². The maximum absolute atomic E-state index is 13.7. The Labute approximate surface area is 140 Å². The first kappa shape index (κ1) is 16.3. The van der Waals surface area contributed by atoms with Crippen LogP contribution < -0.4 is 0 Å². The number of benzene rings is 1. The van der Waals surface area contributed by atoms with Gasteiger partial charge >= 0.3 is 0 Å². The summed E-state index contributed by atoms with van der Waals surface area (Å²) >= 11 is 0. The lowest BCUT2D eigenvalue weighted by atomic mass is 10.1. The van der Waals surface area contributed by atoms with Crippen LogP contribution in [0.3, 0.4) is 0 Å². The van der Waals surface area contributed by atoms with Gasteiger partial charge in [0, 0.05) is 25.4 Å². The third-order valence-electron chi connectivity index (χ3n) is 3.80. The summed E-state index contributed by atoms with van der Waals surface area (Å²) in [4.78, 5) is 10.5. The average Bonchev–Trinajstić information content (AvgIpc) is 2.99. The predicted octanol–water partition coefficient (Wildman–Crippen LogP) is 3.13. The van der Waals surface area contributed by atoms with E-state index in [0.29, 0.717) is 30.2 Å². The summed E-state index contributed by atoms with van der Waals surface area (Å²) in [5.74, 6) is 0.758. The first-order valence-corrected chi connectivity index (χ1v) is 7.74. The summed E-state index contributed by atoms with van der Waals surface area (Å²) < 4.78 is 19.0. The van der Waals surface area contributed by atoms with Crippen molar-refractivity contribution in [3.05, 3.63) is 76.9 Å². The lowest BCUT2D eigenvalue weighted by Crippen LogP contribution is -2.18. The summed E-state index contributed by atoms with van der Waals surface area (Å²) in [5.41, 5.74) is 2.92. The van der Waals surface area contributed by atoms with Gasteiger partial charge in [-0.05, 0) is 42.8 Å². The Hall–Kier alpha value is -2.60. The molecule has 0 aliphatic rings. The Morgan fingerprint density at radius 3 is 2.75 bits per heavy atom. The molecule has 24 heavy (non-hydrogen) atoms. The Balaban J connectivity index is 1.61. The van der Waals surface area contributed by atoms with Gasteiger partial charge in [0.2, 0.25) is 5.89 Å². The largest absolute Gasteiger partial charge is 0.338 e. The van der Waals surface area contributed by atoms with Crippen molar-refractivity contribution in [1.29, 1.82) is 0 Å². The minimum atomic E-state index is -0.255. The summed E-state index contributed by atoms with van der Waals surface area (Å²) in [6, 6.07) is 8.62. The van der Waals surface area contributed by atoms with Gasteiger partial charge in [-0.15, -0.1) is 0 Å². The Morgan fingerprint density at radius 2 is 1.96 bits per heavy atom. The number of aryl methyl sites for hydroxylation is 1. The van der Waals surface area contributed by atoms with Crippen molar-refractivity contribution in [2.24, 2.45) is 0 Å². The second kappa shape index (κ2) is 7.31. The van der Waals surface area contributed by atoms with E-state index in [4.69, 9.17) is 4.52 Å². The molecule has 0 aliphatic heterocycles. The number of nitrogens with zero attached hydrogens (tertiary/aromatic N) is 4. The number of hydrogen-bond donors (Lipinski definition) is 0. The molecule has 0 unspecified atom stereocenters. The van der Waals surface area contributed by atoms with Gasteiger partial charge in [-0.2, -0.15) is 4.98 Å². The van der Waals surface area contributed by atoms with Gasteiger partial charge in [0.05, 0.1) is 6.54 Å². The summed E-state index contributed by atoms with van der Waals surface area (Å²) in [6.07, 6.45) is 3.96. The van der Waals surface area contributed by atoms with E-state index in [-0.39, 0.29) is 5.82 Å². The molecule has 0 spiro atoms. The quantitative estimate of drug-likeness (QED) is 0.696. The minimum absolute atomic E-state index is 0.255. The van der Waals surface area contributed by atoms with Crippen LogP contribution in [0.5, 0.6) is 0 Å². The summed E-state index contributed by atoms with van der Waals surface area (Å²) in [6.45, 7) is 3.33. The lowest BCUT2D eigenvalue weighted by Gasteiger charge is -2.15. The van der Waals surface area contributed by atoms with E-state index in [1.807, 2.05) is 26.2 Å². The SMILES string of the molecule is Cc1cnccc1CN(C)Cc1nc(Cc2ccccc2F)no1. The lowest BCUT2D eigenvalue weighted by molar-refractivity contribution is 0.260. The smallest absolute Gasteiger partial charge is 0.240 e. The van der Waals surface area contributed by atoms with Crippen LogP contribution in [0.2, 0.25) is 0 Å². The molecule has 3 rings (SSSR count). The van der Waals surface area contributed by atoms with Gasteiger partial charge in [0.25, 0.3) is 0 Å². The van der Waals surface area contributed by atoms with Gasteiger partial charge in [0.15, 0.2) is 5.82 Å². The number of rotatable bonds is 6. The van der Waals surface area contributed by atoms with Crippen molar-refractivity contribution in [2.45, 2.75) is 26.4 Å². The van der Waals surface area contributed by atoms with Crippen molar-refractivity contribution in [2.75, 3.05) is 7.05 Å². The van der Waals surface area contributed by atoms with Crippen LogP contribution in [0.1, 0.15) is 28.4 Å². The van der Waals surface area contributed by atoms with Crippen LogP contribution in [0, 0.1) is 12.7 Å². The zero-order valence-corrected chi connectivity index (χ0v) is 13.7. The minimum Gasteiger partial charge on any atom is -0.338 e. The van der Waals surface area contributed by atoms with Crippen LogP contribution in [0.15, 0.2) is 47.2 Å². The fourth-order valence-electron chi connectivity index (χ4n) is 2.50. The molecule has 0 aliphatic carbocycles. The van der Waals surface area contributed by atoms with E-state index < -0.39 is 0 Å². The topological polar surface area (TPSA) is 55.1 Å².